The van der Waals surface area contributed by atoms with Gasteiger partial charge in [0.1, 0.15) is 17.1 Å². The summed E-state index contributed by atoms with van der Waals surface area (Å²) in [5, 5.41) is 1.98. The summed E-state index contributed by atoms with van der Waals surface area (Å²) in [6.45, 7) is 21.3. The Hall–Kier alpha value is -0.320. The number of hydrogen-bond acceptors (Lipinski definition) is 2. The summed E-state index contributed by atoms with van der Waals surface area (Å²) < 4.78 is 12.4. The molecule has 0 unspecified atom stereocenters. The molecule has 0 saturated carbocycles. The molecule has 0 bridgehead atoms. The van der Waals surface area contributed by atoms with Crippen molar-refractivity contribution in [2.24, 2.45) is 0 Å². The van der Waals surface area contributed by atoms with Gasteiger partial charge in [-0.1, -0.05) is 68.4 Å². The third-order valence-electron chi connectivity index (χ3n) is 4.27. The van der Waals surface area contributed by atoms with Crippen LogP contribution in [0.25, 0.3) is 0 Å². The molecule has 0 aromatic heterocycles. The highest BCUT2D eigenvalue weighted by molar-refractivity contribution is 7.82. The first-order chi connectivity index (χ1) is 10.8. The van der Waals surface area contributed by atoms with Gasteiger partial charge in [0.2, 0.25) is 0 Å². The van der Waals surface area contributed by atoms with Crippen LogP contribution in [-0.2, 0) is 0 Å². The maximum Gasteiger partial charge on any atom is 0.141 e. The normalized spacial score (nSPS) is 21.6. The van der Waals surface area contributed by atoms with E-state index in [0.717, 1.165) is 11.5 Å². The van der Waals surface area contributed by atoms with Gasteiger partial charge in [-0.2, -0.15) is 0 Å². The molecule has 0 radical (unpaired) electrons. The predicted octanol–water partition coefficient (Wildman–Crippen LogP) is 6.36. The van der Waals surface area contributed by atoms with Crippen molar-refractivity contribution in [2.45, 2.75) is 83.4 Å². The standard InChI is InChI=1S/C20H34O2P2/c1-18(2,3)23-16-14(21-10)12-11-13-15(16)22-17(23)24(19(4,5)6)20(7,8)9/h11-13,17H,1-10H3/t17-,23+/m0/s1. The van der Waals surface area contributed by atoms with Crippen LogP contribution in [0, 0.1) is 0 Å². The fraction of sp³-hybridized carbons (Fsp3) is 0.700. The van der Waals surface area contributed by atoms with Crippen molar-refractivity contribution in [2.75, 3.05) is 7.11 Å². The van der Waals surface area contributed by atoms with Crippen LogP contribution in [0.1, 0.15) is 62.3 Å². The maximum absolute atomic E-state index is 6.68. The van der Waals surface area contributed by atoms with Gasteiger partial charge >= 0.3 is 0 Å². The molecule has 2 nitrogen and oxygen atoms in total. The molecule has 2 rings (SSSR count). The number of hydrogen-bond donors (Lipinski definition) is 0. The molecule has 2 atom stereocenters. The lowest BCUT2D eigenvalue weighted by Gasteiger charge is -2.48. The third kappa shape index (κ3) is 3.76. The van der Waals surface area contributed by atoms with Crippen LogP contribution in [0.2, 0.25) is 0 Å². The molecule has 1 heterocycles. The van der Waals surface area contributed by atoms with Crippen LogP contribution < -0.4 is 14.8 Å². The molecule has 0 amide bonds. The Labute approximate surface area is 151 Å². The van der Waals surface area contributed by atoms with Gasteiger partial charge in [-0.3, -0.25) is 0 Å². The van der Waals surface area contributed by atoms with Crippen LogP contribution in [-0.4, -0.2) is 28.2 Å². The topological polar surface area (TPSA) is 18.5 Å². The van der Waals surface area contributed by atoms with E-state index in [-0.39, 0.29) is 29.0 Å². The number of benzene rings is 1. The summed E-state index contributed by atoms with van der Waals surface area (Å²) in [5.41, 5.74) is 0.279. The second-order valence-electron chi connectivity index (χ2n) is 9.50. The lowest BCUT2D eigenvalue weighted by Crippen LogP contribution is -2.35. The van der Waals surface area contributed by atoms with Gasteiger partial charge in [-0.05, 0) is 43.4 Å². The molecule has 0 saturated heterocycles. The highest BCUT2D eigenvalue weighted by Gasteiger charge is 2.52. The first kappa shape index (κ1) is 20.0. The van der Waals surface area contributed by atoms with Gasteiger partial charge in [-0.25, -0.2) is 0 Å². The highest BCUT2D eigenvalue weighted by Crippen LogP contribution is 2.75. The first-order valence-corrected chi connectivity index (χ1v) is 11.5. The van der Waals surface area contributed by atoms with Crippen LogP contribution >= 0.6 is 15.8 Å². The van der Waals surface area contributed by atoms with Gasteiger partial charge in [0, 0.05) is 0 Å². The lowest BCUT2D eigenvalue weighted by molar-refractivity contribution is 0.357. The molecule has 0 spiro atoms. The molecule has 1 aliphatic heterocycles. The molecular formula is C20H34O2P2. The van der Waals surface area contributed by atoms with E-state index in [1.807, 2.05) is 6.07 Å². The molecule has 136 valence electrons. The largest absolute Gasteiger partial charge is 0.496 e. The van der Waals surface area contributed by atoms with E-state index < -0.39 is 7.92 Å². The average Bonchev–Trinajstić information content (AvgIpc) is 2.72. The van der Waals surface area contributed by atoms with Crippen molar-refractivity contribution in [3.63, 3.8) is 0 Å². The smallest absolute Gasteiger partial charge is 0.141 e. The number of ether oxygens (including phenoxy) is 2. The predicted molar refractivity (Wildman–Crippen MR) is 110 cm³/mol. The van der Waals surface area contributed by atoms with E-state index in [9.17, 15) is 0 Å². The molecule has 0 fully saturated rings. The molecule has 1 aliphatic rings. The van der Waals surface area contributed by atoms with Gasteiger partial charge in [0.05, 0.1) is 12.4 Å². The van der Waals surface area contributed by atoms with E-state index in [0.29, 0.717) is 0 Å². The first-order valence-electron chi connectivity index (χ1n) is 8.71. The minimum atomic E-state index is -0.478. The molecule has 24 heavy (non-hydrogen) atoms. The minimum absolute atomic E-state index is 0.178. The van der Waals surface area contributed by atoms with Crippen LogP contribution in [0.5, 0.6) is 11.5 Å². The van der Waals surface area contributed by atoms with Crippen LogP contribution in [0.15, 0.2) is 18.2 Å². The zero-order chi connectivity index (χ0) is 18.5. The molecule has 0 aliphatic carbocycles. The summed E-state index contributed by atoms with van der Waals surface area (Å²) in [6, 6.07) is 6.26. The Morgan fingerprint density at radius 2 is 1.50 bits per heavy atom. The Morgan fingerprint density at radius 1 is 0.958 bits per heavy atom. The second kappa shape index (κ2) is 6.44. The number of fused-ring (bicyclic) bond motifs is 1. The van der Waals surface area contributed by atoms with Gasteiger partial charge in [0.15, 0.2) is 0 Å². The summed E-state index contributed by atoms with van der Waals surface area (Å²) in [5.74, 6) is 2.04. The van der Waals surface area contributed by atoms with Crippen molar-refractivity contribution in [3.8, 4) is 11.5 Å². The fourth-order valence-corrected chi connectivity index (χ4v) is 14.3. The average molecular weight is 368 g/mol. The number of rotatable bonds is 2. The van der Waals surface area contributed by atoms with Crippen LogP contribution in [0.4, 0.5) is 0 Å². The van der Waals surface area contributed by atoms with E-state index in [1.165, 1.54) is 5.30 Å². The van der Waals surface area contributed by atoms with E-state index in [2.05, 4.69) is 74.4 Å². The SMILES string of the molecule is COc1cccc2c1[P@@](C(C)(C)C)[C@@H](P(C(C)(C)C)C(C)(C)C)O2. The highest BCUT2D eigenvalue weighted by atomic mass is 31.2. The maximum atomic E-state index is 6.68. The zero-order valence-corrected chi connectivity index (χ0v) is 18.8. The van der Waals surface area contributed by atoms with E-state index >= 15 is 0 Å². The molecule has 1 aromatic rings. The summed E-state index contributed by atoms with van der Waals surface area (Å²) in [4.78, 5) is 0. The molecule has 1 aromatic carbocycles. The Morgan fingerprint density at radius 3 is 1.92 bits per heavy atom. The summed E-state index contributed by atoms with van der Waals surface area (Å²) in [6.07, 6.45) is 0. The third-order valence-corrected chi connectivity index (χ3v) is 12.0. The van der Waals surface area contributed by atoms with E-state index in [4.69, 9.17) is 9.47 Å². The summed E-state index contributed by atoms with van der Waals surface area (Å²) in [7, 11) is 0.935. The van der Waals surface area contributed by atoms with Gasteiger partial charge in [0.25, 0.3) is 0 Å². The molecule has 0 N–H and O–H groups in total. The summed E-state index contributed by atoms with van der Waals surface area (Å²) >= 11 is 0. The second-order valence-corrected chi connectivity index (χ2v) is 16.8. The number of methoxy groups -OCH3 is 1. The van der Waals surface area contributed by atoms with Crippen molar-refractivity contribution in [3.05, 3.63) is 18.2 Å². The Kier molecular flexibility index (Phi) is 5.37. The van der Waals surface area contributed by atoms with Gasteiger partial charge < -0.3 is 9.47 Å². The van der Waals surface area contributed by atoms with Crippen molar-refractivity contribution in [1.29, 1.82) is 0 Å². The monoisotopic (exact) mass is 368 g/mol. The zero-order valence-electron chi connectivity index (χ0n) is 17.0. The van der Waals surface area contributed by atoms with E-state index in [1.54, 1.807) is 7.11 Å². The molecule has 4 heteroatoms. The quantitative estimate of drug-likeness (QED) is 0.566. The van der Waals surface area contributed by atoms with Crippen molar-refractivity contribution < 1.29 is 9.47 Å². The fourth-order valence-electron chi connectivity index (χ4n) is 3.78. The Bertz CT molecular complexity index is 577. The van der Waals surface area contributed by atoms with Crippen LogP contribution in [0.3, 0.4) is 0 Å². The Balaban J connectivity index is 2.63. The molecular weight excluding hydrogens is 334 g/mol. The van der Waals surface area contributed by atoms with Crippen molar-refractivity contribution >= 4 is 21.1 Å². The minimum Gasteiger partial charge on any atom is -0.496 e. The van der Waals surface area contributed by atoms with Gasteiger partial charge in [-0.15, -0.1) is 0 Å². The lowest BCUT2D eigenvalue weighted by atomic mass is 10.2. The van der Waals surface area contributed by atoms with Crippen molar-refractivity contribution in [1.82, 2.24) is 0 Å².